The lowest BCUT2D eigenvalue weighted by Gasteiger charge is -2.18. The first kappa shape index (κ1) is 10.6. The number of aromatic nitrogens is 1. The van der Waals surface area contributed by atoms with Crippen LogP contribution in [0.5, 0.6) is 11.5 Å². The molecule has 0 saturated heterocycles. The molecule has 0 radical (unpaired) electrons. The predicted molar refractivity (Wildman–Crippen MR) is 65.4 cm³/mol. The van der Waals surface area contributed by atoms with Crippen LogP contribution in [-0.2, 0) is 0 Å². The van der Waals surface area contributed by atoms with Gasteiger partial charge in [0.2, 0.25) is 0 Å². The molecule has 1 aromatic heterocycles. The molecule has 0 spiro atoms. The van der Waals surface area contributed by atoms with Crippen LogP contribution in [0, 0.1) is 11.3 Å². The van der Waals surface area contributed by atoms with Crippen molar-refractivity contribution < 1.29 is 9.47 Å². The Kier molecular flexibility index (Phi) is 2.58. The van der Waals surface area contributed by atoms with Gasteiger partial charge in [-0.15, -0.1) is 0 Å². The Morgan fingerprint density at radius 2 is 1.89 bits per heavy atom. The molecule has 2 heterocycles. The summed E-state index contributed by atoms with van der Waals surface area (Å²) in [5.41, 5.74) is 2.07. The fourth-order valence-corrected chi connectivity index (χ4v) is 1.86. The highest BCUT2D eigenvalue weighted by Crippen LogP contribution is 2.33. The molecule has 4 heteroatoms. The smallest absolute Gasteiger partial charge is 0.162 e. The van der Waals surface area contributed by atoms with E-state index in [0.29, 0.717) is 18.9 Å². The van der Waals surface area contributed by atoms with Crippen molar-refractivity contribution in [2.45, 2.75) is 0 Å². The predicted octanol–water partition coefficient (Wildman–Crippen LogP) is 2.39. The summed E-state index contributed by atoms with van der Waals surface area (Å²) in [5, 5.41) is 8.84. The first-order valence-electron chi connectivity index (χ1n) is 5.64. The van der Waals surface area contributed by atoms with Crippen LogP contribution in [0.3, 0.4) is 0 Å². The molecule has 1 aliphatic heterocycles. The molecule has 2 aromatic rings. The molecule has 0 N–H and O–H groups in total. The van der Waals surface area contributed by atoms with Gasteiger partial charge in [0, 0.05) is 5.56 Å². The second-order valence-electron chi connectivity index (χ2n) is 3.88. The van der Waals surface area contributed by atoms with E-state index in [0.717, 1.165) is 22.8 Å². The number of nitrogens with zero attached hydrogens (tertiary/aromatic N) is 2. The van der Waals surface area contributed by atoms with E-state index in [1.165, 1.54) is 0 Å². The van der Waals surface area contributed by atoms with E-state index in [-0.39, 0.29) is 0 Å². The molecule has 0 amide bonds. The van der Waals surface area contributed by atoms with E-state index in [1.807, 2.05) is 36.4 Å². The van der Waals surface area contributed by atoms with Crippen LogP contribution in [0.2, 0.25) is 0 Å². The van der Waals surface area contributed by atoms with Crippen molar-refractivity contribution in [2.24, 2.45) is 0 Å². The third-order valence-electron chi connectivity index (χ3n) is 2.70. The van der Waals surface area contributed by atoms with Crippen molar-refractivity contribution in [3.05, 3.63) is 42.1 Å². The van der Waals surface area contributed by atoms with Gasteiger partial charge in [0.25, 0.3) is 0 Å². The lowest BCUT2D eigenvalue weighted by atomic mass is 10.1. The van der Waals surface area contributed by atoms with Crippen molar-refractivity contribution in [1.82, 2.24) is 4.98 Å². The highest BCUT2D eigenvalue weighted by molar-refractivity contribution is 5.64. The van der Waals surface area contributed by atoms with Gasteiger partial charge in [-0.05, 0) is 30.3 Å². The molecule has 18 heavy (non-hydrogen) atoms. The van der Waals surface area contributed by atoms with Gasteiger partial charge in [0.1, 0.15) is 25.0 Å². The Bertz CT molecular complexity index is 632. The number of benzene rings is 1. The summed E-state index contributed by atoms with van der Waals surface area (Å²) in [7, 11) is 0. The molecular weight excluding hydrogens is 228 g/mol. The number of ether oxygens (including phenoxy) is 2. The molecule has 0 bridgehead atoms. The van der Waals surface area contributed by atoms with Crippen LogP contribution in [0.4, 0.5) is 0 Å². The third-order valence-corrected chi connectivity index (χ3v) is 2.70. The largest absolute Gasteiger partial charge is 0.486 e. The van der Waals surface area contributed by atoms with Gasteiger partial charge in [0.05, 0.1) is 5.69 Å². The van der Waals surface area contributed by atoms with E-state index in [4.69, 9.17) is 14.7 Å². The number of rotatable bonds is 1. The van der Waals surface area contributed by atoms with Crippen LogP contribution in [0.25, 0.3) is 11.3 Å². The Morgan fingerprint density at radius 1 is 1.06 bits per heavy atom. The lowest BCUT2D eigenvalue weighted by Crippen LogP contribution is -2.15. The Balaban J connectivity index is 2.04. The Labute approximate surface area is 104 Å². The highest BCUT2D eigenvalue weighted by Gasteiger charge is 2.12. The molecule has 1 aromatic carbocycles. The summed E-state index contributed by atoms with van der Waals surface area (Å²) >= 11 is 0. The van der Waals surface area contributed by atoms with E-state index in [2.05, 4.69) is 4.98 Å². The average molecular weight is 238 g/mol. The van der Waals surface area contributed by atoms with E-state index in [9.17, 15) is 0 Å². The van der Waals surface area contributed by atoms with Gasteiger partial charge >= 0.3 is 0 Å². The van der Waals surface area contributed by atoms with Crippen LogP contribution in [0.15, 0.2) is 36.4 Å². The van der Waals surface area contributed by atoms with Gasteiger partial charge in [-0.25, -0.2) is 4.98 Å². The van der Waals surface area contributed by atoms with Crippen molar-refractivity contribution in [2.75, 3.05) is 13.2 Å². The SMILES string of the molecule is N#Cc1cccc(-c2ccc3c(c2)OCCO3)n1. The maximum absolute atomic E-state index is 8.84. The zero-order chi connectivity index (χ0) is 12.4. The molecule has 0 unspecified atom stereocenters. The van der Waals surface area contributed by atoms with Crippen molar-refractivity contribution in [1.29, 1.82) is 5.26 Å². The van der Waals surface area contributed by atoms with E-state index < -0.39 is 0 Å². The summed E-state index contributed by atoms with van der Waals surface area (Å²) in [6, 6.07) is 13.1. The first-order valence-corrected chi connectivity index (χ1v) is 5.64. The van der Waals surface area contributed by atoms with Crippen molar-refractivity contribution >= 4 is 0 Å². The minimum atomic E-state index is 0.405. The van der Waals surface area contributed by atoms with Gasteiger partial charge in [-0.1, -0.05) is 6.07 Å². The number of fused-ring (bicyclic) bond motifs is 1. The summed E-state index contributed by atoms with van der Waals surface area (Å²) in [6.45, 7) is 1.14. The quantitative estimate of drug-likeness (QED) is 0.765. The summed E-state index contributed by atoms with van der Waals surface area (Å²) in [6.07, 6.45) is 0. The minimum Gasteiger partial charge on any atom is -0.486 e. The second kappa shape index (κ2) is 4.38. The molecule has 0 fully saturated rings. The van der Waals surface area contributed by atoms with E-state index >= 15 is 0 Å². The van der Waals surface area contributed by atoms with Gasteiger partial charge in [0.15, 0.2) is 11.5 Å². The average Bonchev–Trinajstić information content (AvgIpc) is 2.47. The normalized spacial score (nSPS) is 12.8. The van der Waals surface area contributed by atoms with E-state index in [1.54, 1.807) is 6.07 Å². The van der Waals surface area contributed by atoms with Crippen molar-refractivity contribution in [3.8, 4) is 28.8 Å². The number of nitriles is 1. The summed E-state index contributed by atoms with van der Waals surface area (Å²) in [4.78, 5) is 4.25. The maximum Gasteiger partial charge on any atom is 0.162 e. The number of hydrogen-bond acceptors (Lipinski definition) is 4. The second-order valence-corrected chi connectivity index (χ2v) is 3.88. The van der Waals surface area contributed by atoms with Crippen molar-refractivity contribution in [3.63, 3.8) is 0 Å². The Hall–Kier alpha value is -2.54. The van der Waals surface area contributed by atoms with Crippen LogP contribution in [-0.4, -0.2) is 18.2 Å². The first-order chi connectivity index (χ1) is 8.86. The lowest BCUT2D eigenvalue weighted by molar-refractivity contribution is 0.171. The topological polar surface area (TPSA) is 55.1 Å². The van der Waals surface area contributed by atoms with Gasteiger partial charge in [-0.3, -0.25) is 0 Å². The fourth-order valence-electron chi connectivity index (χ4n) is 1.86. The zero-order valence-electron chi connectivity index (χ0n) is 9.59. The summed E-state index contributed by atoms with van der Waals surface area (Å²) in [5.74, 6) is 1.48. The van der Waals surface area contributed by atoms with Gasteiger partial charge in [-0.2, -0.15) is 5.26 Å². The maximum atomic E-state index is 8.84. The van der Waals surface area contributed by atoms with Crippen LogP contribution >= 0.6 is 0 Å². The molecule has 1 aliphatic rings. The molecule has 3 rings (SSSR count). The molecule has 88 valence electrons. The van der Waals surface area contributed by atoms with Crippen LogP contribution in [0.1, 0.15) is 5.69 Å². The monoisotopic (exact) mass is 238 g/mol. The minimum absolute atomic E-state index is 0.405. The molecule has 4 nitrogen and oxygen atoms in total. The summed E-state index contributed by atoms with van der Waals surface area (Å²) < 4.78 is 11.0. The third kappa shape index (κ3) is 1.87. The standard InChI is InChI=1S/C14H10N2O2/c15-9-11-2-1-3-12(16-11)10-4-5-13-14(8-10)18-7-6-17-13/h1-5,8H,6-7H2. The molecular formula is C14H10N2O2. The zero-order valence-corrected chi connectivity index (χ0v) is 9.59. The number of pyridine rings is 1. The van der Waals surface area contributed by atoms with Crippen LogP contribution < -0.4 is 9.47 Å². The Morgan fingerprint density at radius 3 is 2.72 bits per heavy atom. The number of hydrogen-bond donors (Lipinski definition) is 0. The molecule has 0 saturated carbocycles. The molecule has 0 atom stereocenters. The van der Waals surface area contributed by atoms with Gasteiger partial charge < -0.3 is 9.47 Å². The molecule has 0 aliphatic carbocycles. The fraction of sp³-hybridized carbons (Fsp3) is 0.143. The highest BCUT2D eigenvalue weighted by atomic mass is 16.6.